The van der Waals surface area contributed by atoms with Crippen molar-refractivity contribution in [3.63, 3.8) is 0 Å². The molecule has 2 aromatic rings. The summed E-state index contributed by atoms with van der Waals surface area (Å²) in [6.07, 6.45) is -0.781. The van der Waals surface area contributed by atoms with E-state index >= 15 is 0 Å². The molecule has 2 rings (SSSR count). The van der Waals surface area contributed by atoms with Gasteiger partial charge in [-0.15, -0.1) is 0 Å². The van der Waals surface area contributed by atoms with Crippen LogP contribution in [0.3, 0.4) is 0 Å². The van der Waals surface area contributed by atoms with Crippen LogP contribution in [0.4, 0.5) is 4.79 Å². The van der Waals surface area contributed by atoms with Crippen molar-refractivity contribution >= 4 is 11.7 Å². The van der Waals surface area contributed by atoms with Crippen LogP contribution >= 0.6 is 0 Å². The van der Waals surface area contributed by atoms with Gasteiger partial charge in [0, 0.05) is 6.07 Å². The number of aromatic amines is 1. The number of hydrogen-bond acceptors (Lipinski definition) is 4. The Labute approximate surface area is 103 Å². The van der Waals surface area contributed by atoms with E-state index in [4.69, 9.17) is 9.47 Å². The molecule has 6 heteroatoms. The van der Waals surface area contributed by atoms with E-state index in [1.165, 1.54) is 10.6 Å². The molecule has 1 N–H and O–H groups in total. The van der Waals surface area contributed by atoms with Gasteiger partial charge in [0.25, 0.3) is 5.56 Å². The third-order valence-electron chi connectivity index (χ3n) is 2.48. The maximum absolute atomic E-state index is 11.7. The molecule has 0 aliphatic rings. The average Bonchev–Trinajstić information content (AvgIpc) is 2.58. The smallest absolute Gasteiger partial charge is 0.434 e. The van der Waals surface area contributed by atoms with Crippen LogP contribution in [-0.4, -0.2) is 22.4 Å². The van der Waals surface area contributed by atoms with Crippen molar-refractivity contribution in [2.75, 3.05) is 6.61 Å². The van der Waals surface area contributed by atoms with Crippen LogP contribution in [0.5, 0.6) is 5.75 Å². The van der Waals surface area contributed by atoms with Crippen molar-refractivity contribution in [1.82, 2.24) is 9.61 Å². The van der Waals surface area contributed by atoms with Gasteiger partial charge in [0.2, 0.25) is 0 Å². The largest absolute Gasteiger partial charge is 0.513 e. The van der Waals surface area contributed by atoms with Gasteiger partial charge in [-0.2, -0.15) is 0 Å². The lowest BCUT2D eigenvalue weighted by atomic mass is 10.2. The molecular formula is C12H14N2O4. The van der Waals surface area contributed by atoms with E-state index in [1.807, 2.05) is 0 Å². The number of H-pyrrole nitrogens is 1. The molecule has 18 heavy (non-hydrogen) atoms. The monoisotopic (exact) mass is 250 g/mol. The zero-order chi connectivity index (χ0) is 13.3. The molecule has 0 amide bonds. The SMILES string of the molecule is CCOC(=O)Oc1c(C)[nH]n2c(=O)cc(C)cc12. The van der Waals surface area contributed by atoms with Crippen LogP contribution in [0.25, 0.3) is 5.52 Å². The standard InChI is InChI=1S/C12H14N2O4/c1-4-17-12(16)18-11-8(3)13-14-9(11)5-7(2)6-10(14)15/h5-6,13H,4H2,1-3H3. The minimum Gasteiger partial charge on any atom is -0.434 e. The van der Waals surface area contributed by atoms with Crippen molar-refractivity contribution in [2.24, 2.45) is 0 Å². The molecule has 0 radical (unpaired) electrons. The zero-order valence-corrected chi connectivity index (χ0v) is 10.4. The maximum Gasteiger partial charge on any atom is 0.513 e. The van der Waals surface area contributed by atoms with E-state index in [9.17, 15) is 9.59 Å². The number of nitrogens with zero attached hydrogens (tertiary/aromatic N) is 1. The third kappa shape index (κ3) is 2.09. The van der Waals surface area contributed by atoms with Gasteiger partial charge in [0.05, 0.1) is 12.3 Å². The van der Waals surface area contributed by atoms with Crippen molar-refractivity contribution in [3.05, 3.63) is 33.7 Å². The van der Waals surface area contributed by atoms with Crippen molar-refractivity contribution in [3.8, 4) is 5.75 Å². The van der Waals surface area contributed by atoms with Crippen molar-refractivity contribution in [2.45, 2.75) is 20.8 Å². The van der Waals surface area contributed by atoms with Crippen molar-refractivity contribution < 1.29 is 14.3 Å². The Bertz CT molecular complexity index is 654. The van der Waals surface area contributed by atoms with Crippen LogP contribution in [0, 0.1) is 13.8 Å². The van der Waals surface area contributed by atoms with E-state index in [1.54, 1.807) is 26.8 Å². The predicted molar refractivity (Wildman–Crippen MR) is 65.1 cm³/mol. The minimum absolute atomic E-state index is 0.202. The molecule has 2 heterocycles. The van der Waals surface area contributed by atoms with Gasteiger partial charge in [-0.1, -0.05) is 0 Å². The summed E-state index contributed by atoms with van der Waals surface area (Å²) in [5.41, 5.74) is 1.70. The van der Waals surface area contributed by atoms with Crippen LogP contribution in [0.1, 0.15) is 18.2 Å². The van der Waals surface area contributed by atoms with Gasteiger partial charge in [-0.25, -0.2) is 9.31 Å². The van der Waals surface area contributed by atoms with Gasteiger partial charge in [-0.3, -0.25) is 9.89 Å². The molecule has 0 aliphatic carbocycles. The van der Waals surface area contributed by atoms with Crippen molar-refractivity contribution in [1.29, 1.82) is 0 Å². The second-order valence-electron chi connectivity index (χ2n) is 3.94. The summed E-state index contributed by atoms with van der Waals surface area (Å²) in [6, 6.07) is 3.26. The van der Waals surface area contributed by atoms with Crippen LogP contribution < -0.4 is 10.3 Å². The highest BCUT2D eigenvalue weighted by atomic mass is 16.7. The Balaban J connectivity index is 2.53. The van der Waals surface area contributed by atoms with Crippen LogP contribution in [0.15, 0.2) is 16.9 Å². The lowest BCUT2D eigenvalue weighted by Crippen LogP contribution is -2.13. The molecule has 2 aromatic heterocycles. The number of pyridine rings is 1. The molecular weight excluding hydrogens is 236 g/mol. The fourth-order valence-corrected chi connectivity index (χ4v) is 1.75. The normalized spacial score (nSPS) is 10.6. The van der Waals surface area contributed by atoms with E-state index in [0.717, 1.165) is 5.56 Å². The highest BCUT2D eigenvalue weighted by molar-refractivity contribution is 5.71. The number of rotatable bonds is 2. The summed E-state index contributed by atoms with van der Waals surface area (Å²) in [7, 11) is 0. The quantitative estimate of drug-likeness (QED) is 0.824. The topological polar surface area (TPSA) is 72.8 Å². The first kappa shape index (κ1) is 12.2. The number of ether oxygens (including phenoxy) is 2. The average molecular weight is 250 g/mol. The first-order valence-electron chi connectivity index (χ1n) is 5.59. The molecule has 6 nitrogen and oxygen atoms in total. The molecule has 0 aliphatic heterocycles. The van der Waals surface area contributed by atoms with Gasteiger partial charge in [-0.05, 0) is 32.4 Å². The van der Waals surface area contributed by atoms with Gasteiger partial charge in [0.1, 0.15) is 5.52 Å². The number of carbonyl (C=O) groups is 1. The Morgan fingerprint density at radius 2 is 2.11 bits per heavy atom. The molecule has 0 saturated heterocycles. The first-order chi connectivity index (χ1) is 8.52. The second kappa shape index (κ2) is 4.56. The molecule has 0 unspecified atom stereocenters. The van der Waals surface area contributed by atoms with E-state index < -0.39 is 6.16 Å². The summed E-state index contributed by atoms with van der Waals surface area (Å²) < 4.78 is 11.1. The fraction of sp³-hybridized carbons (Fsp3) is 0.333. The molecule has 0 aromatic carbocycles. The number of nitrogens with one attached hydrogen (secondary N) is 1. The second-order valence-corrected chi connectivity index (χ2v) is 3.94. The molecule has 96 valence electrons. The molecule has 0 saturated carbocycles. The Morgan fingerprint density at radius 1 is 1.39 bits per heavy atom. The summed E-state index contributed by atoms with van der Waals surface area (Å²) in [5, 5.41) is 2.84. The number of hydrogen-bond donors (Lipinski definition) is 1. The highest BCUT2D eigenvalue weighted by Crippen LogP contribution is 2.24. The third-order valence-corrected chi connectivity index (χ3v) is 2.48. The lowest BCUT2D eigenvalue weighted by molar-refractivity contribution is 0.104. The fourth-order valence-electron chi connectivity index (χ4n) is 1.75. The minimum atomic E-state index is -0.781. The molecule has 0 fully saturated rings. The molecule has 0 bridgehead atoms. The number of aryl methyl sites for hydroxylation is 2. The maximum atomic E-state index is 11.7. The Kier molecular flexibility index (Phi) is 3.10. The molecule has 0 spiro atoms. The number of carbonyl (C=O) groups excluding carboxylic acids is 1. The summed E-state index contributed by atoms with van der Waals surface area (Å²) >= 11 is 0. The van der Waals surface area contributed by atoms with E-state index in [2.05, 4.69) is 5.10 Å². The van der Waals surface area contributed by atoms with E-state index in [-0.39, 0.29) is 12.2 Å². The van der Waals surface area contributed by atoms with Crippen LogP contribution in [-0.2, 0) is 4.74 Å². The van der Waals surface area contributed by atoms with Gasteiger partial charge < -0.3 is 9.47 Å². The lowest BCUT2D eigenvalue weighted by Gasteiger charge is -2.03. The molecule has 0 atom stereocenters. The van der Waals surface area contributed by atoms with E-state index in [0.29, 0.717) is 17.0 Å². The van der Waals surface area contributed by atoms with Gasteiger partial charge >= 0.3 is 6.16 Å². The Morgan fingerprint density at radius 3 is 2.78 bits per heavy atom. The Hall–Kier alpha value is -2.24. The predicted octanol–water partition coefficient (Wildman–Crippen LogP) is 1.78. The summed E-state index contributed by atoms with van der Waals surface area (Å²) in [5.74, 6) is 0.314. The first-order valence-corrected chi connectivity index (χ1v) is 5.59. The highest BCUT2D eigenvalue weighted by Gasteiger charge is 2.15. The zero-order valence-electron chi connectivity index (χ0n) is 10.4. The summed E-state index contributed by atoms with van der Waals surface area (Å²) in [6.45, 7) is 5.45. The summed E-state index contributed by atoms with van der Waals surface area (Å²) in [4.78, 5) is 23.1. The number of aromatic nitrogens is 2. The van der Waals surface area contributed by atoms with Crippen LogP contribution in [0.2, 0.25) is 0 Å². The number of fused-ring (bicyclic) bond motifs is 1. The van der Waals surface area contributed by atoms with Gasteiger partial charge in [0.15, 0.2) is 5.75 Å².